The Balaban J connectivity index is 3.22. The lowest BCUT2D eigenvalue weighted by Gasteiger charge is -2.13. The van der Waals surface area contributed by atoms with Crippen molar-refractivity contribution in [3.05, 3.63) is 10.1 Å². The van der Waals surface area contributed by atoms with Gasteiger partial charge in [-0.1, -0.05) is 90.4 Å². The van der Waals surface area contributed by atoms with Gasteiger partial charge in [-0.3, -0.25) is 10.1 Å². The van der Waals surface area contributed by atoms with Crippen molar-refractivity contribution >= 4 is 0 Å². The molecule has 0 radical (unpaired) electrons. The fourth-order valence-corrected chi connectivity index (χ4v) is 2.84. The third-order valence-electron chi connectivity index (χ3n) is 4.38. The average Bonchev–Trinajstić information content (AvgIpc) is 2.51. The number of aliphatic hydroxyl groups excluding tert-OH is 2. The molecule has 0 aliphatic carbocycles. The summed E-state index contributed by atoms with van der Waals surface area (Å²) in [5, 5.41) is 29.2. The minimum Gasteiger partial charge on any atom is -0.390 e. The van der Waals surface area contributed by atoms with Crippen LogP contribution in [0, 0.1) is 10.1 Å². The van der Waals surface area contributed by atoms with Gasteiger partial charge in [0.1, 0.15) is 6.10 Å². The second kappa shape index (κ2) is 16.2. The first-order chi connectivity index (χ1) is 11.1. The quantitative estimate of drug-likeness (QED) is 0.234. The standard InChI is InChI=1S/C18H37NO4/c1-2-3-4-5-6-7-8-9-10-11-12-13-14-15-17(20)18(21)16-19(22)23/h17-18,20-21H,2-16H2,1H3/t17-,18+/m1/s1. The van der Waals surface area contributed by atoms with E-state index in [1.807, 2.05) is 0 Å². The third-order valence-corrected chi connectivity index (χ3v) is 4.38. The highest BCUT2D eigenvalue weighted by atomic mass is 16.6. The SMILES string of the molecule is CCCCCCCCCCCCCCC[C@@H](O)[C@@H](O)C[N+](=O)[O-]. The first-order valence-electron chi connectivity index (χ1n) is 9.55. The van der Waals surface area contributed by atoms with Gasteiger partial charge in [0.15, 0.2) is 0 Å². The molecule has 2 atom stereocenters. The Kier molecular flexibility index (Phi) is 15.7. The predicted octanol–water partition coefficient (Wildman–Crippen LogP) is 4.47. The van der Waals surface area contributed by atoms with Crippen LogP contribution in [-0.4, -0.2) is 33.9 Å². The number of aliphatic hydroxyl groups is 2. The van der Waals surface area contributed by atoms with Gasteiger partial charge < -0.3 is 10.2 Å². The molecule has 0 fully saturated rings. The van der Waals surface area contributed by atoms with Gasteiger partial charge in [0.05, 0.1) is 6.10 Å². The Bertz CT molecular complexity index is 274. The van der Waals surface area contributed by atoms with Crippen LogP contribution in [0.3, 0.4) is 0 Å². The molecule has 0 unspecified atom stereocenters. The van der Waals surface area contributed by atoms with Crippen molar-refractivity contribution in [2.75, 3.05) is 6.54 Å². The van der Waals surface area contributed by atoms with E-state index in [4.69, 9.17) is 0 Å². The van der Waals surface area contributed by atoms with E-state index in [0.717, 1.165) is 19.3 Å². The number of unbranched alkanes of at least 4 members (excludes halogenated alkanes) is 12. The lowest BCUT2D eigenvalue weighted by molar-refractivity contribution is -0.492. The first kappa shape index (κ1) is 22.3. The van der Waals surface area contributed by atoms with Crippen LogP contribution < -0.4 is 0 Å². The van der Waals surface area contributed by atoms with Crippen LogP contribution in [-0.2, 0) is 0 Å². The van der Waals surface area contributed by atoms with Crippen molar-refractivity contribution in [3.8, 4) is 0 Å². The summed E-state index contributed by atoms with van der Waals surface area (Å²) in [5.74, 6) is 0. The van der Waals surface area contributed by atoms with Crippen molar-refractivity contribution < 1.29 is 15.1 Å². The van der Waals surface area contributed by atoms with Gasteiger partial charge in [-0.05, 0) is 6.42 Å². The second-order valence-corrected chi connectivity index (χ2v) is 6.68. The van der Waals surface area contributed by atoms with Crippen LogP contribution in [0.4, 0.5) is 0 Å². The van der Waals surface area contributed by atoms with E-state index < -0.39 is 23.7 Å². The molecule has 0 heterocycles. The average molecular weight is 331 g/mol. The van der Waals surface area contributed by atoms with Crippen LogP contribution in [0.1, 0.15) is 96.8 Å². The molecule has 0 aromatic rings. The maximum Gasteiger partial charge on any atom is 0.231 e. The molecule has 0 saturated heterocycles. The summed E-state index contributed by atoms with van der Waals surface area (Å²) in [6.07, 6.45) is 14.6. The van der Waals surface area contributed by atoms with Crippen LogP contribution in [0.2, 0.25) is 0 Å². The Labute approximate surface area is 141 Å². The summed E-state index contributed by atoms with van der Waals surface area (Å²) in [4.78, 5) is 9.65. The second-order valence-electron chi connectivity index (χ2n) is 6.68. The summed E-state index contributed by atoms with van der Waals surface area (Å²) in [6, 6.07) is 0. The minimum atomic E-state index is -1.23. The fourth-order valence-electron chi connectivity index (χ4n) is 2.84. The maximum atomic E-state index is 10.2. The molecular weight excluding hydrogens is 294 g/mol. The molecular formula is C18H37NO4. The van der Waals surface area contributed by atoms with Gasteiger partial charge in [-0.15, -0.1) is 0 Å². The Morgan fingerprint density at radius 2 is 1.13 bits per heavy atom. The zero-order chi connectivity index (χ0) is 17.3. The van der Waals surface area contributed by atoms with Crippen molar-refractivity contribution in [3.63, 3.8) is 0 Å². The molecule has 5 nitrogen and oxygen atoms in total. The highest BCUT2D eigenvalue weighted by Crippen LogP contribution is 2.14. The number of rotatable bonds is 17. The van der Waals surface area contributed by atoms with E-state index in [1.165, 1.54) is 64.2 Å². The molecule has 0 rings (SSSR count). The Hall–Kier alpha value is -0.680. The number of hydrogen-bond donors (Lipinski definition) is 2. The summed E-state index contributed by atoms with van der Waals surface area (Å²) in [5.41, 5.74) is 0. The van der Waals surface area contributed by atoms with Crippen LogP contribution in [0.25, 0.3) is 0 Å². The molecule has 0 aliphatic heterocycles. The molecule has 0 aliphatic rings. The maximum absolute atomic E-state index is 10.2. The first-order valence-corrected chi connectivity index (χ1v) is 9.55. The normalized spacial score (nSPS) is 13.9. The molecule has 5 heteroatoms. The van der Waals surface area contributed by atoms with Gasteiger partial charge in [-0.25, -0.2) is 0 Å². The summed E-state index contributed by atoms with van der Waals surface area (Å²) in [7, 11) is 0. The number of nitro groups is 1. The molecule has 0 aromatic carbocycles. The predicted molar refractivity (Wildman–Crippen MR) is 94.2 cm³/mol. The molecule has 138 valence electrons. The summed E-state index contributed by atoms with van der Waals surface area (Å²) in [6.45, 7) is 1.68. The fraction of sp³-hybridized carbons (Fsp3) is 1.00. The molecule has 2 N–H and O–H groups in total. The molecule has 0 saturated carbocycles. The molecule has 23 heavy (non-hydrogen) atoms. The van der Waals surface area contributed by atoms with Gasteiger partial charge in [0, 0.05) is 4.92 Å². The van der Waals surface area contributed by atoms with E-state index in [2.05, 4.69) is 6.92 Å². The van der Waals surface area contributed by atoms with Crippen molar-refractivity contribution in [2.45, 2.75) is 109 Å². The van der Waals surface area contributed by atoms with Crippen LogP contribution in [0.5, 0.6) is 0 Å². The number of nitrogens with zero attached hydrogens (tertiary/aromatic N) is 1. The zero-order valence-electron chi connectivity index (χ0n) is 14.9. The van der Waals surface area contributed by atoms with Gasteiger partial charge in [0.25, 0.3) is 0 Å². The highest BCUT2D eigenvalue weighted by molar-refractivity contribution is 4.66. The topological polar surface area (TPSA) is 83.6 Å². The monoisotopic (exact) mass is 331 g/mol. The smallest absolute Gasteiger partial charge is 0.231 e. The molecule has 0 aromatic heterocycles. The van der Waals surface area contributed by atoms with E-state index in [-0.39, 0.29) is 0 Å². The zero-order valence-corrected chi connectivity index (χ0v) is 14.9. The van der Waals surface area contributed by atoms with Gasteiger partial charge in [0.2, 0.25) is 6.54 Å². The molecule has 0 spiro atoms. The van der Waals surface area contributed by atoms with E-state index >= 15 is 0 Å². The van der Waals surface area contributed by atoms with Crippen LogP contribution >= 0.6 is 0 Å². The Morgan fingerprint density at radius 3 is 1.52 bits per heavy atom. The summed E-state index contributed by atoms with van der Waals surface area (Å²) >= 11 is 0. The van der Waals surface area contributed by atoms with Gasteiger partial charge in [-0.2, -0.15) is 0 Å². The van der Waals surface area contributed by atoms with Gasteiger partial charge >= 0.3 is 0 Å². The Morgan fingerprint density at radius 1 is 0.739 bits per heavy atom. The lowest BCUT2D eigenvalue weighted by Crippen LogP contribution is -2.32. The summed E-state index contributed by atoms with van der Waals surface area (Å²) < 4.78 is 0. The van der Waals surface area contributed by atoms with E-state index in [0.29, 0.717) is 6.42 Å². The van der Waals surface area contributed by atoms with E-state index in [1.54, 1.807) is 0 Å². The third kappa shape index (κ3) is 16.0. The lowest BCUT2D eigenvalue weighted by atomic mass is 10.0. The molecule has 0 amide bonds. The van der Waals surface area contributed by atoms with Crippen LogP contribution in [0.15, 0.2) is 0 Å². The largest absolute Gasteiger partial charge is 0.390 e. The number of hydrogen-bond acceptors (Lipinski definition) is 4. The van der Waals surface area contributed by atoms with Crippen molar-refractivity contribution in [1.29, 1.82) is 0 Å². The van der Waals surface area contributed by atoms with E-state index in [9.17, 15) is 20.3 Å². The highest BCUT2D eigenvalue weighted by Gasteiger charge is 2.20. The minimum absolute atomic E-state index is 0.451. The molecule has 0 bridgehead atoms. The van der Waals surface area contributed by atoms with Crippen molar-refractivity contribution in [1.82, 2.24) is 0 Å². The van der Waals surface area contributed by atoms with Crippen molar-refractivity contribution in [2.24, 2.45) is 0 Å².